The van der Waals surface area contributed by atoms with Gasteiger partial charge in [-0.05, 0) is 13.8 Å². The molecule has 0 aliphatic rings. The Kier molecular flexibility index (Phi) is 9.92. The molecule has 0 aromatic rings. The quantitative estimate of drug-likeness (QED) is 0.259. The molecule has 0 saturated heterocycles. The van der Waals surface area contributed by atoms with Crippen molar-refractivity contribution in [2.24, 2.45) is 0 Å². The minimum atomic E-state index is -3.60. The van der Waals surface area contributed by atoms with Gasteiger partial charge in [0.15, 0.2) is 0 Å². The molecule has 0 spiro atoms. The third kappa shape index (κ3) is 8.82. The molecule has 0 aliphatic carbocycles. The summed E-state index contributed by atoms with van der Waals surface area (Å²) in [6.45, 7) is 3.31. The predicted molar refractivity (Wildman–Crippen MR) is 68.9 cm³/mol. The molecule has 0 heterocycles. The second kappa shape index (κ2) is 10.6. The number of rotatable bonds is 10. The van der Waals surface area contributed by atoms with Crippen molar-refractivity contribution in [3.8, 4) is 0 Å². The lowest BCUT2D eigenvalue weighted by atomic mass is 10.5. The van der Waals surface area contributed by atoms with Crippen LogP contribution in [0.4, 0.5) is 0 Å². The van der Waals surface area contributed by atoms with Crippen molar-refractivity contribution >= 4 is 19.8 Å². The first-order valence-corrected chi connectivity index (χ1v) is 7.40. The first-order valence-electron chi connectivity index (χ1n) is 5.93. The maximum absolute atomic E-state index is 11.8. The van der Waals surface area contributed by atoms with Crippen molar-refractivity contribution < 1.29 is 37.2 Å². The van der Waals surface area contributed by atoms with Gasteiger partial charge in [0.1, 0.15) is 6.61 Å². The van der Waals surface area contributed by atoms with Gasteiger partial charge in [0, 0.05) is 12.2 Å². The Morgan fingerprint density at radius 3 is 2.00 bits per heavy atom. The number of phosphoric acid groups is 1. The molecule has 0 bridgehead atoms. The zero-order valence-electron chi connectivity index (χ0n) is 11.7. The van der Waals surface area contributed by atoms with Crippen molar-refractivity contribution in [1.82, 2.24) is 0 Å². The van der Waals surface area contributed by atoms with E-state index in [1.54, 1.807) is 13.8 Å². The van der Waals surface area contributed by atoms with Crippen LogP contribution in [0.5, 0.6) is 0 Å². The van der Waals surface area contributed by atoms with Gasteiger partial charge in [0.2, 0.25) is 0 Å². The number of hydrogen-bond donors (Lipinski definition) is 0. The van der Waals surface area contributed by atoms with Gasteiger partial charge < -0.3 is 9.47 Å². The average molecular weight is 310 g/mol. The molecular weight excluding hydrogens is 291 g/mol. The van der Waals surface area contributed by atoms with Crippen molar-refractivity contribution in [2.75, 3.05) is 33.5 Å². The maximum atomic E-state index is 11.8. The first-order chi connectivity index (χ1) is 9.47. The Labute approximate surface area is 117 Å². The highest BCUT2D eigenvalue weighted by Crippen LogP contribution is 2.48. The zero-order chi connectivity index (χ0) is 15.4. The summed E-state index contributed by atoms with van der Waals surface area (Å²) in [6, 6.07) is 0. The van der Waals surface area contributed by atoms with Crippen LogP contribution in [0.2, 0.25) is 0 Å². The molecule has 0 unspecified atom stereocenters. The molecule has 0 aliphatic heterocycles. The van der Waals surface area contributed by atoms with E-state index in [1.165, 1.54) is 7.11 Å². The van der Waals surface area contributed by atoms with E-state index in [1.807, 2.05) is 0 Å². The fraction of sp³-hybridized carbons (Fsp3) is 0.636. The summed E-state index contributed by atoms with van der Waals surface area (Å²) < 4.78 is 35.5. The molecule has 0 radical (unpaired) electrons. The molecule has 0 fully saturated rings. The number of phosphoric ester groups is 1. The Morgan fingerprint density at radius 2 is 1.50 bits per heavy atom. The van der Waals surface area contributed by atoms with E-state index in [9.17, 15) is 14.2 Å². The highest BCUT2D eigenvalue weighted by molar-refractivity contribution is 7.48. The maximum Gasteiger partial charge on any atom is 0.474 e. The van der Waals surface area contributed by atoms with Crippen LogP contribution in [0.3, 0.4) is 0 Å². The normalized spacial score (nSPS) is 11.6. The largest absolute Gasteiger partial charge is 0.474 e. The second-order valence-electron chi connectivity index (χ2n) is 3.14. The Hall–Kier alpha value is -1.21. The van der Waals surface area contributed by atoms with Crippen LogP contribution in [0.25, 0.3) is 0 Å². The minimum absolute atomic E-state index is 0.158. The van der Waals surface area contributed by atoms with E-state index in [2.05, 4.69) is 4.74 Å². The fourth-order valence-corrected chi connectivity index (χ4v) is 2.13. The van der Waals surface area contributed by atoms with Crippen LogP contribution in [-0.2, 0) is 37.2 Å². The van der Waals surface area contributed by atoms with Gasteiger partial charge in [-0.2, -0.15) is 0 Å². The average Bonchev–Trinajstić information content (AvgIpc) is 2.41. The Morgan fingerprint density at radius 1 is 0.950 bits per heavy atom. The number of methoxy groups -OCH3 is 1. The number of carbonyl (C=O) groups is 2. The van der Waals surface area contributed by atoms with E-state index < -0.39 is 19.8 Å². The first kappa shape index (κ1) is 18.8. The van der Waals surface area contributed by atoms with Crippen LogP contribution in [-0.4, -0.2) is 45.5 Å². The van der Waals surface area contributed by atoms with E-state index >= 15 is 0 Å². The summed E-state index contributed by atoms with van der Waals surface area (Å²) in [5.41, 5.74) is 0. The van der Waals surface area contributed by atoms with Crippen LogP contribution in [0.1, 0.15) is 13.8 Å². The van der Waals surface area contributed by atoms with E-state index in [4.69, 9.17) is 18.3 Å². The Balaban J connectivity index is 4.00. The lowest BCUT2D eigenvalue weighted by Crippen LogP contribution is -2.10. The molecule has 0 N–H and O–H groups in total. The molecule has 0 amide bonds. The van der Waals surface area contributed by atoms with Crippen molar-refractivity contribution in [2.45, 2.75) is 13.8 Å². The topological polar surface area (TPSA) is 97.4 Å². The molecule has 0 saturated carbocycles. The molecule has 116 valence electrons. The molecule has 0 atom stereocenters. The second-order valence-corrected chi connectivity index (χ2v) is 4.81. The Bertz CT molecular complexity index is 369. The summed E-state index contributed by atoms with van der Waals surface area (Å²) in [4.78, 5) is 21.8. The van der Waals surface area contributed by atoms with Crippen LogP contribution >= 0.6 is 7.82 Å². The smallest absolute Gasteiger partial charge is 0.466 e. The fourth-order valence-electron chi connectivity index (χ4n) is 0.972. The van der Waals surface area contributed by atoms with Crippen molar-refractivity contribution in [3.05, 3.63) is 12.2 Å². The third-order valence-electron chi connectivity index (χ3n) is 1.71. The zero-order valence-corrected chi connectivity index (χ0v) is 12.6. The molecule has 20 heavy (non-hydrogen) atoms. The summed E-state index contributed by atoms with van der Waals surface area (Å²) in [5.74, 6) is -1.42. The van der Waals surface area contributed by atoms with Gasteiger partial charge in [0.25, 0.3) is 0 Å². The molecule has 8 nitrogen and oxygen atoms in total. The van der Waals surface area contributed by atoms with Crippen LogP contribution in [0.15, 0.2) is 12.2 Å². The standard InChI is InChI=1S/C11H19O8P/c1-4-17-20(14,18-5-2)19-9-8-16-11(13)7-6-10(12)15-3/h6-7H,4-5,8-9H2,1-3H3. The summed E-state index contributed by atoms with van der Waals surface area (Å²) in [6.07, 6.45) is 1.84. The van der Waals surface area contributed by atoms with Gasteiger partial charge in [0.05, 0.1) is 26.9 Å². The van der Waals surface area contributed by atoms with Crippen molar-refractivity contribution in [1.29, 1.82) is 0 Å². The SMILES string of the molecule is CCOP(=O)(OCC)OCCOC(=O)C=CC(=O)OC. The van der Waals surface area contributed by atoms with Gasteiger partial charge in [-0.3, -0.25) is 13.6 Å². The van der Waals surface area contributed by atoms with Gasteiger partial charge in [-0.15, -0.1) is 0 Å². The van der Waals surface area contributed by atoms with Gasteiger partial charge >= 0.3 is 19.8 Å². The summed E-state index contributed by atoms with van der Waals surface area (Å²) in [7, 11) is -2.41. The molecule has 0 aromatic heterocycles. The lowest BCUT2D eigenvalue weighted by molar-refractivity contribution is -0.140. The molecule has 9 heteroatoms. The summed E-state index contributed by atoms with van der Waals surface area (Å²) in [5, 5.41) is 0. The highest BCUT2D eigenvalue weighted by atomic mass is 31.2. The number of carbonyl (C=O) groups excluding carboxylic acids is 2. The third-order valence-corrected chi connectivity index (χ3v) is 3.36. The molecule has 0 aromatic carbocycles. The van der Waals surface area contributed by atoms with Gasteiger partial charge in [-0.25, -0.2) is 14.2 Å². The summed E-state index contributed by atoms with van der Waals surface area (Å²) >= 11 is 0. The molecular formula is C11H19O8P. The van der Waals surface area contributed by atoms with Crippen molar-refractivity contribution in [3.63, 3.8) is 0 Å². The van der Waals surface area contributed by atoms with E-state index in [-0.39, 0.29) is 26.4 Å². The monoisotopic (exact) mass is 310 g/mol. The van der Waals surface area contributed by atoms with Crippen LogP contribution in [0, 0.1) is 0 Å². The van der Waals surface area contributed by atoms with E-state index in [0.717, 1.165) is 12.2 Å². The predicted octanol–water partition coefficient (Wildman–Crippen LogP) is 1.46. The molecule has 0 rings (SSSR count). The number of ether oxygens (including phenoxy) is 2. The van der Waals surface area contributed by atoms with E-state index in [0.29, 0.717) is 0 Å². The minimum Gasteiger partial charge on any atom is -0.466 e. The van der Waals surface area contributed by atoms with Gasteiger partial charge in [-0.1, -0.05) is 0 Å². The number of hydrogen-bond acceptors (Lipinski definition) is 8. The van der Waals surface area contributed by atoms with Crippen LogP contribution < -0.4 is 0 Å². The lowest BCUT2D eigenvalue weighted by Gasteiger charge is -2.15. The number of esters is 2. The highest BCUT2D eigenvalue weighted by Gasteiger charge is 2.25.